The fraction of sp³-hybridized carbons (Fsp3) is 0.125. The lowest BCUT2D eigenvalue weighted by molar-refractivity contribution is 0.565. The maximum Gasteiger partial charge on any atom is 0.240 e. The highest BCUT2D eigenvalue weighted by molar-refractivity contribution is 6.42. The van der Waals surface area contributed by atoms with Gasteiger partial charge < -0.3 is 0 Å². The molecule has 0 unspecified atom stereocenters. The molecule has 5 heteroatoms. The maximum absolute atomic E-state index is 10.0. The molecule has 0 saturated heterocycles. The Hall–Kier alpha value is -0.530. The molecule has 0 saturated carbocycles. The van der Waals surface area contributed by atoms with Crippen molar-refractivity contribution in [3.63, 3.8) is 0 Å². The van der Waals surface area contributed by atoms with Crippen LogP contribution in [0.5, 0.6) is 0 Å². The summed E-state index contributed by atoms with van der Waals surface area (Å²) in [7, 11) is 0. The van der Waals surface area contributed by atoms with Crippen LogP contribution in [0, 0.1) is 6.92 Å². The van der Waals surface area contributed by atoms with Crippen molar-refractivity contribution in [3.8, 4) is 0 Å². The van der Waals surface area contributed by atoms with Gasteiger partial charge in [-0.1, -0.05) is 34.8 Å². The van der Waals surface area contributed by atoms with Gasteiger partial charge in [0.1, 0.15) is 5.69 Å². The summed E-state index contributed by atoms with van der Waals surface area (Å²) in [5, 5.41) is 0.963. The van der Waals surface area contributed by atoms with E-state index in [2.05, 4.69) is 4.99 Å². The van der Waals surface area contributed by atoms with Gasteiger partial charge in [0.05, 0.1) is 10.0 Å². The SMILES string of the molecule is Cc1c(Cl)cc(Cl)c(N=C=O)c1Cl. The Morgan fingerprint density at radius 2 is 1.92 bits per heavy atom. The van der Waals surface area contributed by atoms with E-state index in [9.17, 15) is 4.79 Å². The van der Waals surface area contributed by atoms with Gasteiger partial charge in [-0.05, 0) is 18.6 Å². The molecule has 0 aliphatic heterocycles. The van der Waals surface area contributed by atoms with E-state index in [-0.39, 0.29) is 15.7 Å². The number of aliphatic imine (C=N–C) groups is 1. The molecule has 0 fully saturated rings. The van der Waals surface area contributed by atoms with Crippen LogP contribution in [0.1, 0.15) is 5.56 Å². The molecule has 0 aromatic heterocycles. The average molecular weight is 236 g/mol. The molecule has 0 bridgehead atoms. The molecule has 1 rings (SSSR count). The number of isocyanates is 1. The van der Waals surface area contributed by atoms with E-state index in [0.29, 0.717) is 10.6 Å². The van der Waals surface area contributed by atoms with Crippen LogP contribution in [-0.4, -0.2) is 6.08 Å². The number of rotatable bonds is 1. The van der Waals surface area contributed by atoms with Crippen molar-refractivity contribution in [1.82, 2.24) is 0 Å². The van der Waals surface area contributed by atoms with Gasteiger partial charge >= 0.3 is 0 Å². The second kappa shape index (κ2) is 4.12. The zero-order valence-electron chi connectivity index (χ0n) is 6.57. The van der Waals surface area contributed by atoms with E-state index < -0.39 is 0 Å². The molecule has 1 aromatic rings. The highest BCUT2D eigenvalue weighted by atomic mass is 35.5. The molecule has 0 N–H and O–H groups in total. The number of hydrogen-bond acceptors (Lipinski definition) is 2. The van der Waals surface area contributed by atoms with E-state index in [4.69, 9.17) is 34.8 Å². The minimum absolute atomic E-state index is 0.209. The van der Waals surface area contributed by atoms with Crippen LogP contribution >= 0.6 is 34.8 Å². The van der Waals surface area contributed by atoms with E-state index in [1.54, 1.807) is 6.92 Å². The van der Waals surface area contributed by atoms with Crippen LogP contribution in [-0.2, 0) is 4.79 Å². The van der Waals surface area contributed by atoms with Gasteiger partial charge in [-0.25, -0.2) is 4.79 Å². The third-order valence-electron chi connectivity index (χ3n) is 1.53. The van der Waals surface area contributed by atoms with Gasteiger partial charge in [0, 0.05) is 5.02 Å². The lowest BCUT2D eigenvalue weighted by atomic mass is 10.2. The fourth-order valence-corrected chi connectivity index (χ4v) is 1.67. The summed E-state index contributed by atoms with van der Waals surface area (Å²) in [6, 6.07) is 1.49. The maximum atomic E-state index is 10.0. The van der Waals surface area contributed by atoms with Crippen LogP contribution in [0.25, 0.3) is 0 Å². The van der Waals surface area contributed by atoms with E-state index in [0.717, 1.165) is 0 Å². The highest BCUT2D eigenvalue weighted by Gasteiger charge is 2.11. The summed E-state index contributed by atoms with van der Waals surface area (Å²) in [4.78, 5) is 13.4. The zero-order valence-corrected chi connectivity index (χ0v) is 8.83. The molecular weight excluding hydrogens is 232 g/mol. The first-order valence-electron chi connectivity index (χ1n) is 3.30. The number of nitrogens with zero attached hydrogens (tertiary/aromatic N) is 1. The highest BCUT2D eigenvalue weighted by Crippen LogP contribution is 2.38. The molecule has 0 amide bonds. The number of benzene rings is 1. The third-order valence-corrected chi connectivity index (χ3v) is 2.68. The molecule has 0 aliphatic rings. The van der Waals surface area contributed by atoms with E-state index in [1.807, 2.05) is 0 Å². The molecule has 68 valence electrons. The van der Waals surface area contributed by atoms with Gasteiger partial charge in [-0.2, -0.15) is 4.99 Å². The van der Waals surface area contributed by atoms with Crippen molar-refractivity contribution in [1.29, 1.82) is 0 Å². The van der Waals surface area contributed by atoms with Gasteiger partial charge in [0.2, 0.25) is 6.08 Å². The molecule has 0 spiro atoms. The van der Waals surface area contributed by atoms with Gasteiger partial charge in [-0.15, -0.1) is 0 Å². The Labute approximate surface area is 90.1 Å². The summed E-state index contributed by atoms with van der Waals surface area (Å²) in [6.07, 6.45) is 1.38. The van der Waals surface area contributed by atoms with Crippen LogP contribution < -0.4 is 0 Å². The largest absolute Gasteiger partial charge is 0.240 e. The van der Waals surface area contributed by atoms with Gasteiger partial charge in [0.15, 0.2) is 0 Å². The first kappa shape index (κ1) is 10.6. The van der Waals surface area contributed by atoms with Crippen molar-refractivity contribution in [2.75, 3.05) is 0 Å². The number of halogens is 3. The second-order valence-corrected chi connectivity index (χ2v) is 3.52. The summed E-state index contributed by atoms with van der Waals surface area (Å²) in [5.74, 6) is 0. The molecule has 1 aromatic carbocycles. The van der Waals surface area contributed by atoms with Crippen LogP contribution in [0.15, 0.2) is 11.1 Å². The molecule has 13 heavy (non-hydrogen) atoms. The molecule has 0 radical (unpaired) electrons. The fourth-order valence-electron chi connectivity index (χ4n) is 0.823. The van der Waals surface area contributed by atoms with Gasteiger partial charge in [-0.3, -0.25) is 0 Å². The van der Waals surface area contributed by atoms with E-state index in [1.165, 1.54) is 12.1 Å². The van der Waals surface area contributed by atoms with Crippen LogP contribution in [0.2, 0.25) is 15.1 Å². The van der Waals surface area contributed by atoms with Crippen LogP contribution in [0.4, 0.5) is 5.69 Å². The second-order valence-electron chi connectivity index (χ2n) is 2.33. The topological polar surface area (TPSA) is 29.4 Å². The predicted molar refractivity (Wildman–Crippen MR) is 54.0 cm³/mol. The lowest BCUT2D eigenvalue weighted by Gasteiger charge is -2.04. The predicted octanol–water partition coefficient (Wildman–Crippen LogP) is 3.92. The molecular formula is C8H4Cl3NO. The first-order chi connectivity index (χ1) is 6.07. The van der Waals surface area contributed by atoms with Crippen molar-refractivity contribution in [3.05, 3.63) is 26.7 Å². The Morgan fingerprint density at radius 3 is 2.46 bits per heavy atom. The Balaban J connectivity index is 3.52. The third kappa shape index (κ3) is 2.04. The quantitative estimate of drug-likeness (QED) is 0.537. The monoisotopic (exact) mass is 235 g/mol. The van der Waals surface area contributed by atoms with Crippen molar-refractivity contribution >= 4 is 46.6 Å². The Bertz CT molecular complexity index is 397. The normalized spacial score (nSPS) is 9.54. The average Bonchev–Trinajstić information content (AvgIpc) is 2.09. The standard InChI is InChI=1S/C8H4Cl3NO/c1-4-5(9)2-6(10)8(7(4)11)12-3-13/h2H,1H3. The van der Waals surface area contributed by atoms with E-state index >= 15 is 0 Å². The molecule has 0 atom stereocenters. The van der Waals surface area contributed by atoms with Gasteiger partial charge in [0.25, 0.3) is 0 Å². The summed E-state index contributed by atoms with van der Waals surface area (Å²) in [5.41, 5.74) is 0.849. The van der Waals surface area contributed by atoms with Crippen LogP contribution in [0.3, 0.4) is 0 Å². The number of hydrogen-bond donors (Lipinski definition) is 0. The smallest absolute Gasteiger partial charge is 0.211 e. The molecule has 0 aliphatic carbocycles. The first-order valence-corrected chi connectivity index (χ1v) is 4.43. The summed E-state index contributed by atoms with van der Waals surface area (Å²) < 4.78 is 0. The summed E-state index contributed by atoms with van der Waals surface area (Å²) in [6.45, 7) is 1.71. The minimum atomic E-state index is 0.209. The Morgan fingerprint density at radius 1 is 1.31 bits per heavy atom. The van der Waals surface area contributed by atoms with Crippen molar-refractivity contribution in [2.24, 2.45) is 4.99 Å². The molecule has 2 nitrogen and oxygen atoms in total. The molecule has 0 heterocycles. The zero-order chi connectivity index (χ0) is 10.0. The lowest BCUT2D eigenvalue weighted by Crippen LogP contribution is -1.80. The minimum Gasteiger partial charge on any atom is -0.211 e. The van der Waals surface area contributed by atoms with Crippen molar-refractivity contribution in [2.45, 2.75) is 6.92 Å². The summed E-state index contributed by atoms with van der Waals surface area (Å²) >= 11 is 17.4. The van der Waals surface area contributed by atoms with Crippen molar-refractivity contribution < 1.29 is 4.79 Å². The number of carbonyl (C=O) groups excluding carboxylic acids is 1. The Kier molecular flexibility index (Phi) is 3.34.